The highest BCUT2D eigenvalue weighted by Gasteiger charge is 2.39. The second-order valence-electron chi connectivity index (χ2n) is 8.01. The molecule has 0 bridgehead atoms. The van der Waals surface area contributed by atoms with Crippen molar-refractivity contribution in [2.75, 3.05) is 0 Å². The Morgan fingerprint density at radius 2 is 1.57 bits per heavy atom. The minimum absolute atomic E-state index is 0.211. The van der Waals surface area contributed by atoms with E-state index in [2.05, 4.69) is 90.2 Å². The van der Waals surface area contributed by atoms with Crippen LogP contribution in [0.25, 0.3) is 5.76 Å². The normalized spacial score (nSPS) is 12.9. The first-order chi connectivity index (χ1) is 10.6. The zero-order chi connectivity index (χ0) is 17.5. The smallest absolute Gasteiger partial charge is 0.250 e. The van der Waals surface area contributed by atoms with Gasteiger partial charge < -0.3 is 4.43 Å². The summed E-state index contributed by atoms with van der Waals surface area (Å²) in [5.41, 5.74) is 2.59. The van der Waals surface area contributed by atoms with Gasteiger partial charge in [0.2, 0.25) is 8.32 Å². The summed E-state index contributed by atoms with van der Waals surface area (Å²) in [6, 6.07) is 10.5. The highest BCUT2D eigenvalue weighted by Crippen LogP contribution is 2.39. The Morgan fingerprint density at radius 3 is 2.09 bits per heavy atom. The number of benzene rings is 1. The zero-order valence-electron chi connectivity index (χ0n) is 16.1. The summed E-state index contributed by atoms with van der Waals surface area (Å²) in [6.45, 7) is 15.8. The van der Waals surface area contributed by atoms with E-state index in [9.17, 15) is 0 Å². The molecule has 1 rings (SSSR count). The maximum atomic E-state index is 6.60. The minimum Gasteiger partial charge on any atom is -0.543 e. The summed E-state index contributed by atoms with van der Waals surface area (Å²) in [4.78, 5) is 0. The topological polar surface area (TPSA) is 9.23 Å². The summed E-state index contributed by atoms with van der Waals surface area (Å²) in [7, 11) is -1.82. The van der Waals surface area contributed by atoms with Crippen LogP contribution in [0.2, 0.25) is 18.1 Å². The highest BCUT2D eigenvalue weighted by molar-refractivity contribution is 6.74. The van der Waals surface area contributed by atoms with Crippen LogP contribution in [0, 0.1) is 0 Å². The molecule has 0 atom stereocenters. The van der Waals surface area contributed by atoms with E-state index in [-0.39, 0.29) is 5.04 Å². The molecule has 0 aromatic heterocycles. The van der Waals surface area contributed by atoms with E-state index < -0.39 is 8.32 Å². The molecule has 1 aromatic carbocycles. The maximum absolute atomic E-state index is 6.60. The molecule has 0 unspecified atom stereocenters. The predicted molar refractivity (Wildman–Crippen MR) is 106 cm³/mol. The lowest BCUT2D eigenvalue weighted by Crippen LogP contribution is -2.40. The molecule has 0 aliphatic carbocycles. The Kier molecular flexibility index (Phi) is 7.33. The van der Waals surface area contributed by atoms with Gasteiger partial charge in [-0.2, -0.15) is 0 Å². The van der Waals surface area contributed by atoms with E-state index in [0.717, 1.165) is 18.6 Å². The Balaban J connectivity index is 2.89. The lowest BCUT2D eigenvalue weighted by atomic mass is 10.1. The van der Waals surface area contributed by atoms with E-state index in [4.69, 9.17) is 4.43 Å². The molecule has 0 aliphatic heterocycles. The fourth-order valence-corrected chi connectivity index (χ4v) is 3.05. The van der Waals surface area contributed by atoms with Crippen molar-refractivity contribution in [3.8, 4) is 0 Å². The number of rotatable bonds is 7. The van der Waals surface area contributed by atoms with Gasteiger partial charge in [-0.3, -0.25) is 0 Å². The molecule has 0 amide bonds. The van der Waals surface area contributed by atoms with Gasteiger partial charge in [0.1, 0.15) is 5.76 Å². The lowest BCUT2D eigenvalue weighted by Gasteiger charge is -2.37. The molecule has 23 heavy (non-hydrogen) atoms. The van der Waals surface area contributed by atoms with Crippen LogP contribution in [0.3, 0.4) is 0 Å². The minimum atomic E-state index is -1.82. The van der Waals surface area contributed by atoms with Crippen LogP contribution in [0.1, 0.15) is 59.4 Å². The SMILES string of the molecule is CC(C)=CCCC/C=C(\O[Si](C)(C)C(C)(C)C)c1ccccc1. The molecule has 0 spiro atoms. The second-order valence-corrected chi connectivity index (χ2v) is 12.7. The van der Waals surface area contributed by atoms with Crippen LogP contribution < -0.4 is 0 Å². The molecule has 0 fully saturated rings. The van der Waals surface area contributed by atoms with Gasteiger partial charge in [0, 0.05) is 5.56 Å². The fourth-order valence-electron chi connectivity index (χ4n) is 1.99. The number of allylic oxidation sites excluding steroid dienone is 3. The molecular weight excluding hydrogens is 296 g/mol. The van der Waals surface area contributed by atoms with Crippen molar-refractivity contribution in [3.63, 3.8) is 0 Å². The molecule has 0 aliphatic rings. The standard InChI is InChI=1S/C21H34OSi/c1-18(2)14-10-8-13-17-20(19-15-11-9-12-16-19)22-23(6,7)21(3,4)5/h9,11-12,14-17H,8,10,13H2,1-7H3/b20-17-. The summed E-state index contributed by atoms with van der Waals surface area (Å²) in [5, 5.41) is 0.211. The van der Waals surface area contributed by atoms with Crippen molar-refractivity contribution in [3.05, 3.63) is 53.6 Å². The summed E-state index contributed by atoms with van der Waals surface area (Å²) in [6.07, 6.45) is 7.96. The fraction of sp³-hybridized carbons (Fsp3) is 0.524. The highest BCUT2D eigenvalue weighted by atomic mass is 28.4. The van der Waals surface area contributed by atoms with E-state index in [1.807, 2.05) is 0 Å². The van der Waals surface area contributed by atoms with Gasteiger partial charge in [-0.15, -0.1) is 0 Å². The van der Waals surface area contributed by atoms with Gasteiger partial charge in [-0.05, 0) is 57.3 Å². The molecule has 0 heterocycles. The predicted octanol–water partition coefficient (Wildman–Crippen LogP) is 7.19. The van der Waals surface area contributed by atoms with E-state index in [0.29, 0.717) is 0 Å². The third-order valence-corrected chi connectivity index (χ3v) is 8.86. The van der Waals surface area contributed by atoms with Gasteiger partial charge in [0.15, 0.2) is 0 Å². The average molecular weight is 331 g/mol. The van der Waals surface area contributed by atoms with E-state index in [1.165, 1.54) is 17.6 Å². The zero-order valence-corrected chi connectivity index (χ0v) is 17.1. The van der Waals surface area contributed by atoms with Crippen molar-refractivity contribution >= 4 is 14.1 Å². The lowest BCUT2D eigenvalue weighted by molar-refractivity contribution is 0.456. The first-order valence-electron chi connectivity index (χ1n) is 8.71. The molecule has 0 saturated heterocycles. The third-order valence-electron chi connectivity index (χ3n) is 4.52. The summed E-state index contributed by atoms with van der Waals surface area (Å²) >= 11 is 0. The van der Waals surface area contributed by atoms with Gasteiger partial charge in [-0.1, -0.05) is 62.8 Å². The van der Waals surface area contributed by atoms with Crippen molar-refractivity contribution in [2.45, 2.75) is 72.0 Å². The van der Waals surface area contributed by atoms with Gasteiger partial charge in [-0.25, -0.2) is 0 Å². The molecule has 2 heteroatoms. The van der Waals surface area contributed by atoms with Crippen molar-refractivity contribution in [1.82, 2.24) is 0 Å². The second kappa shape index (κ2) is 8.54. The molecule has 1 nitrogen and oxygen atoms in total. The molecule has 1 aromatic rings. The largest absolute Gasteiger partial charge is 0.543 e. The maximum Gasteiger partial charge on any atom is 0.250 e. The quantitative estimate of drug-likeness (QED) is 0.222. The Labute approximate surface area is 144 Å². The Hall–Kier alpha value is -1.28. The number of hydrogen-bond acceptors (Lipinski definition) is 1. The summed E-state index contributed by atoms with van der Waals surface area (Å²) < 4.78 is 6.60. The Bertz CT molecular complexity index is 529. The van der Waals surface area contributed by atoms with Gasteiger partial charge in [0.25, 0.3) is 0 Å². The number of unbranched alkanes of at least 4 members (excludes halogenated alkanes) is 2. The van der Waals surface area contributed by atoms with Crippen LogP contribution in [0.4, 0.5) is 0 Å². The molecule has 0 saturated carbocycles. The van der Waals surface area contributed by atoms with Crippen LogP contribution in [-0.4, -0.2) is 8.32 Å². The summed E-state index contributed by atoms with van der Waals surface area (Å²) in [5.74, 6) is 1.06. The van der Waals surface area contributed by atoms with Crippen molar-refractivity contribution in [2.24, 2.45) is 0 Å². The van der Waals surface area contributed by atoms with Gasteiger partial charge in [0.05, 0.1) is 0 Å². The Morgan fingerprint density at radius 1 is 1.00 bits per heavy atom. The van der Waals surface area contributed by atoms with Crippen LogP contribution in [0.15, 0.2) is 48.1 Å². The van der Waals surface area contributed by atoms with Crippen molar-refractivity contribution in [1.29, 1.82) is 0 Å². The molecule has 0 N–H and O–H groups in total. The van der Waals surface area contributed by atoms with E-state index >= 15 is 0 Å². The first kappa shape index (κ1) is 19.8. The average Bonchev–Trinajstić information content (AvgIpc) is 2.45. The third kappa shape index (κ3) is 6.78. The monoisotopic (exact) mass is 330 g/mol. The molecule has 0 radical (unpaired) electrons. The number of hydrogen-bond donors (Lipinski definition) is 0. The first-order valence-corrected chi connectivity index (χ1v) is 11.6. The van der Waals surface area contributed by atoms with E-state index in [1.54, 1.807) is 0 Å². The molecule has 128 valence electrons. The molecular formula is C21H34OSi. The van der Waals surface area contributed by atoms with Crippen LogP contribution in [0.5, 0.6) is 0 Å². The van der Waals surface area contributed by atoms with Crippen LogP contribution in [-0.2, 0) is 4.43 Å². The van der Waals surface area contributed by atoms with Crippen LogP contribution >= 0.6 is 0 Å². The van der Waals surface area contributed by atoms with Gasteiger partial charge >= 0.3 is 0 Å². The van der Waals surface area contributed by atoms with Crippen molar-refractivity contribution < 1.29 is 4.43 Å².